The van der Waals surface area contributed by atoms with E-state index in [1.54, 1.807) is 6.92 Å². The number of nitrogens with zero attached hydrogens (tertiary/aromatic N) is 2. The number of halogens is 3. The molecule has 0 aliphatic heterocycles. The second-order valence-electron chi connectivity index (χ2n) is 5.71. The van der Waals surface area contributed by atoms with Crippen molar-refractivity contribution in [2.45, 2.75) is 37.2 Å². The molecule has 1 heterocycles. The van der Waals surface area contributed by atoms with E-state index in [2.05, 4.69) is 15.5 Å². The summed E-state index contributed by atoms with van der Waals surface area (Å²) < 4.78 is 41.0. The fraction of sp³-hybridized carbons (Fsp3) is 0.375. The molecule has 1 aromatic heterocycles. The van der Waals surface area contributed by atoms with Gasteiger partial charge in [-0.3, -0.25) is 14.2 Å². The van der Waals surface area contributed by atoms with E-state index < -0.39 is 46.7 Å². The number of aromatic amines is 1. The van der Waals surface area contributed by atoms with Crippen molar-refractivity contribution in [3.05, 3.63) is 40.1 Å². The molecule has 0 fully saturated rings. The molecule has 1 atom stereocenters. The SMILES string of the molecule is CCCn1c(S[C@H](C)C(=O)NCC(=O)Nc2ccc(F)c(F)c2F)n[nH]c1=O. The quantitative estimate of drug-likeness (QED) is 0.447. The van der Waals surface area contributed by atoms with Gasteiger partial charge in [-0.05, 0) is 25.5 Å². The molecule has 0 radical (unpaired) electrons. The van der Waals surface area contributed by atoms with Crippen LogP contribution in [-0.4, -0.2) is 38.4 Å². The van der Waals surface area contributed by atoms with E-state index in [9.17, 15) is 27.6 Å². The summed E-state index contributed by atoms with van der Waals surface area (Å²) in [7, 11) is 0. The summed E-state index contributed by atoms with van der Waals surface area (Å²) >= 11 is 1.03. The topological polar surface area (TPSA) is 109 Å². The monoisotopic (exact) mass is 417 g/mol. The van der Waals surface area contributed by atoms with Crippen molar-refractivity contribution in [1.29, 1.82) is 0 Å². The van der Waals surface area contributed by atoms with Crippen LogP contribution in [0.4, 0.5) is 18.9 Å². The minimum atomic E-state index is -1.70. The van der Waals surface area contributed by atoms with Gasteiger partial charge in [-0.1, -0.05) is 18.7 Å². The number of nitrogens with one attached hydrogen (secondary N) is 3. The lowest BCUT2D eigenvalue weighted by molar-refractivity contribution is -0.123. The predicted octanol–water partition coefficient (Wildman–Crippen LogP) is 1.63. The molecule has 0 aliphatic carbocycles. The summed E-state index contributed by atoms with van der Waals surface area (Å²) in [6.45, 7) is 3.37. The van der Waals surface area contributed by atoms with Crippen LogP contribution in [0.15, 0.2) is 22.1 Å². The molecule has 152 valence electrons. The largest absolute Gasteiger partial charge is 0.346 e. The molecule has 0 aliphatic rings. The van der Waals surface area contributed by atoms with E-state index >= 15 is 0 Å². The first-order valence-corrected chi connectivity index (χ1v) is 9.15. The maximum atomic E-state index is 13.5. The average molecular weight is 417 g/mol. The zero-order valence-corrected chi connectivity index (χ0v) is 15.8. The summed E-state index contributed by atoms with van der Waals surface area (Å²) in [5, 5.41) is 10.2. The van der Waals surface area contributed by atoms with Gasteiger partial charge in [-0.2, -0.15) is 0 Å². The van der Waals surface area contributed by atoms with Gasteiger partial charge in [-0.25, -0.2) is 23.1 Å². The predicted molar refractivity (Wildman–Crippen MR) is 96.4 cm³/mol. The molecule has 0 unspecified atom stereocenters. The first-order valence-electron chi connectivity index (χ1n) is 8.27. The van der Waals surface area contributed by atoms with Gasteiger partial charge >= 0.3 is 5.69 Å². The normalized spacial score (nSPS) is 11.9. The zero-order chi connectivity index (χ0) is 20.8. The smallest absolute Gasteiger partial charge is 0.343 e. The minimum absolute atomic E-state index is 0.336. The van der Waals surface area contributed by atoms with E-state index in [0.717, 1.165) is 17.8 Å². The van der Waals surface area contributed by atoms with Gasteiger partial charge in [-0.15, -0.1) is 5.10 Å². The van der Waals surface area contributed by atoms with E-state index in [1.807, 2.05) is 12.2 Å². The second kappa shape index (κ2) is 9.44. The Balaban J connectivity index is 1.90. The van der Waals surface area contributed by atoms with Gasteiger partial charge in [0.15, 0.2) is 22.6 Å². The highest BCUT2D eigenvalue weighted by atomic mass is 32.2. The second-order valence-corrected chi connectivity index (χ2v) is 7.02. The summed E-state index contributed by atoms with van der Waals surface area (Å²) in [6, 6.07) is 1.54. The maximum absolute atomic E-state index is 13.5. The van der Waals surface area contributed by atoms with Crippen molar-refractivity contribution >= 4 is 29.3 Å². The third-order valence-electron chi connectivity index (χ3n) is 3.55. The Morgan fingerprint density at radius 1 is 1.29 bits per heavy atom. The average Bonchev–Trinajstić information content (AvgIpc) is 3.00. The highest BCUT2D eigenvalue weighted by Crippen LogP contribution is 2.21. The van der Waals surface area contributed by atoms with Gasteiger partial charge < -0.3 is 10.6 Å². The molecule has 0 saturated carbocycles. The standard InChI is InChI=1S/C16H18F3N5O3S/c1-3-6-24-15(27)22-23-16(24)28-8(2)14(26)20-7-11(25)21-10-5-4-9(17)12(18)13(10)19/h4-5,8H,3,6-7H2,1-2H3,(H,20,26)(H,21,25)(H,22,27)/t8-/m1/s1. The van der Waals surface area contributed by atoms with E-state index in [4.69, 9.17) is 0 Å². The number of benzene rings is 1. The fourth-order valence-corrected chi connectivity index (χ4v) is 3.06. The Kier molecular flexibility index (Phi) is 7.26. The highest BCUT2D eigenvalue weighted by Gasteiger charge is 2.20. The van der Waals surface area contributed by atoms with Crippen LogP contribution < -0.4 is 16.3 Å². The van der Waals surface area contributed by atoms with Crippen molar-refractivity contribution < 1.29 is 22.8 Å². The third-order valence-corrected chi connectivity index (χ3v) is 4.64. The number of anilines is 1. The molecule has 0 saturated heterocycles. The van der Waals surface area contributed by atoms with Gasteiger partial charge in [0.05, 0.1) is 17.5 Å². The van der Waals surface area contributed by atoms with Gasteiger partial charge in [0.2, 0.25) is 11.8 Å². The molecule has 2 amide bonds. The van der Waals surface area contributed by atoms with Gasteiger partial charge in [0.25, 0.3) is 0 Å². The van der Waals surface area contributed by atoms with Gasteiger partial charge in [0.1, 0.15) is 0 Å². The Morgan fingerprint density at radius 3 is 2.68 bits per heavy atom. The zero-order valence-electron chi connectivity index (χ0n) is 15.0. The van der Waals surface area contributed by atoms with Gasteiger partial charge in [0, 0.05) is 6.54 Å². The number of aromatic nitrogens is 3. The lowest BCUT2D eigenvalue weighted by Gasteiger charge is -2.12. The van der Waals surface area contributed by atoms with E-state index in [0.29, 0.717) is 24.2 Å². The summed E-state index contributed by atoms with van der Waals surface area (Å²) in [5.41, 5.74) is -0.925. The Morgan fingerprint density at radius 2 is 2.00 bits per heavy atom. The Bertz CT molecular complexity index is 931. The number of carbonyl (C=O) groups excluding carboxylic acids is 2. The molecule has 0 spiro atoms. The molecule has 8 nitrogen and oxygen atoms in total. The summed E-state index contributed by atoms with van der Waals surface area (Å²) in [4.78, 5) is 35.6. The van der Waals surface area contributed by atoms with Crippen LogP contribution in [0.3, 0.4) is 0 Å². The third kappa shape index (κ3) is 5.15. The van der Waals surface area contributed by atoms with Crippen LogP contribution in [0, 0.1) is 17.5 Å². The van der Waals surface area contributed by atoms with Crippen LogP contribution in [-0.2, 0) is 16.1 Å². The Hall–Kier alpha value is -2.76. The van der Waals surface area contributed by atoms with Crippen molar-refractivity contribution in [1.82, 2.24) is 20.1 Å². The van der Waals surface area contributed by atoms with Crippen molar-refractivity contribution in [3.63, 3.8) is 0 Å². The van der Waals surface area contributed by atoms with E-state index in [1.165, 1.54) is 4.57 Å². The molecular formula is C16H18F3N5O3S. The fourth-order valence-electron chi connectivity index (χ4n) is 2.15. The number of amides is 2. The van der Waals surface area contributed by atoms with Crippen LogP contribution in [0.5, 0.6) is 0 Å². The molecular weight excluding hydrogens is 399 g/mol. The first-order chi connectivity index (χ1) is 13.2. The number of hydrogen-bond acceptors (Lipinski definition) is 5. The van der Waals surface area contributed by atoms with Crippen molar-refractivity contribution in [2.24, 2.45) is 0 Å². The Labute approximate surface area is 161 Å². The number of hydrogen-bond donors (Lipinski definition) is 3. The first kappa shape index (κ1) is 21.5. The number of carbonyl (C=O) groups is 2. The van der Waals surface area contributed by atoms with E-state index in [-0.39, 0.29) is 5.69 Å². The summed E-state index contributed by atoms with van der Waals surface area (Å²) in [5.74, 6) is -5.96. The summed E-state index contributed by atoms with van der Waals surface area (Å²) in [6.07, 6.45) is 0.703. The molecule has 12 heteroatoms. The molecule has 28 heavy (non-hydrogen) atoms. The van der Waals surface area contributed by atoms with Crippen LogP contribution in [0.1, 0.15) is 20.3 Å². The molecule has 1 aromatic carbocycles. The molecule has 0 bridgehead atoms. The van der Waals surface area contributed by atoms with Crippen LogP contribution in [0.2, 0.25) is 0 Å². The van der Waals surface area contributed by atoms with Crippen molar-refractivity contribution in [3.8, 4) is 0 Å². The number of rotatable bonds is 8. The van der Waals surface area contributed by atoms with Crippen LogP contribution in [0.25, 0.3) is 0 Å². The highest BCUT2D eigenvalue weighted by molar-refractivity contribution is 8.00. The molecule has 2 aromatic rings. The van der Waals surface area contributed by atoms with Crippen LogP contribution >= 0.6 is 11.8 Å². The lowest BCUT2D eigenvalue weighted by atomic mass is 10.2. The lowest BCUT2D eigenvalue weighted by Crippen LogP contribution is -2.37. The minimum Gasteiger partial charge on any atom is -0.346 e. The number of H-pyrrole nitrogens is 1. The molecule has 3 N–H and O–H groups in total. The maximum Gasteiger partial charge on any atom is 0.343 e. The number of thioether (sulfide) groups is 1. The molecule has 2 rings (SSSR count). The van der Waals surface area contributed by atoms with Crippen molar-refractivity contribution in [2.75, 3.05) is 11.9 Å².